The van der Waals surface area contributed by atoms with Crippen LogP contribution in [0.3, 0.4) is 0 Å². The van der Waals surface area contributed by atoms with Gasteiger partial charge in [0.2, 0.25) is 0 Å². The second-order valence-electron chi connectivity index (χ2n) is 4.36. The molecule has 3 N–H and O–H groups in total. The fourth-order valence-electron chi connectivity index (χ4n) is 1.76. The van der Waals surface area contributed by atoms with Crippen LogP contribution in [0.5, 0.6) is 5.75 Å². The normalized spacial score (nSPS) is 10.4. The maximum atomic E-state index is 11.3. The molecule has 0 unspecified atom stereocenters. The fraction of sp³-hybridized carbons (Fsp3) is 0.231. The number of carbonyl (C=O) groups is 1. The molecule has 1 aromatic heterocycles. The highest BCUT2D eigenvalue weighted by atomic mass is 35.5. The number of ether oxygens (including phenoxy) is 1. The number of aryl methyl sites for hydroxylation is 2. The third kappa shape index (κ3) is 3.09. The van der Waals surface area contributed by atoms with E-state index < -0.39 is 5.91 Å². The third-order valence-corrected chi connectivity index (χ3v) is 3.37. The quantitative estimate of drug-likeness (QED) is 0.512. The van der Waals surface area contributed by atoms with Gasteiger partial charge in [-0.05, 0) is 43.2 Å². The van der Waals surface area contributed by atoms with E-state index in [2.05, 4.69) is 5.10 Å². The van der Waals surface area contributed by atoms with Gasteiger partial charge in [0, 0.05) is 11.2 Å². The fourth-order valence-corrected chi connectivity index (χ4v) is 1.87. The summed E-state index contributed by atoms with van der Waals surface area (Å²) >= 11 is 6.09. The van der Waals surface area contributed by atoms with E-state index in [-0.39, 0.29) is 12.4 Å². The van der Waals surface area contributed by atoms with Gasteiger partial charge in [-0.2, -0.15) is 5.10 Å². The number of nitrogen functional groups attached to an aromatic ring is 1. The minimum Gasteiger partial charge on any atom is -0.471 e. The monoisotopic (exact) mass is 294 g/mol. The van der Waals surface area contributed by atoms with Crippen molar-refractivity contribution in [3.05, 3.63) is 46.2 Å². The first-order valence-electron chi connectivity index (χ1n) is 5.95. The first-order chi connectivity index (χ1) is 9.51. The van der Waals surface area contributed by atoms with Gasteiger partial charge in [-0.3, -0.25) is 10.2 Å². The molecule has 0 aliphatic carbocycles. The summed E-state index contributed by atoms with van der Waals surface area (Å²) in [5, 5.41) is 4.77. The van der Waals surface area contributed by atoms with Crippen molar-refractivity contribution < 1.29 is 9.53 Å². The third-order valence-electron chi connectivity index (χ3n) is 2.78. The highest BCUT2D eigenvalue weighted by Crippen LogP contribution is 2.25. The molecule has 0 aliphatic heterocycles. The first kappa shape index (κ1) is 14.4. The minimum absolute atomic E-state index is 0.193. The van der Waals surface area contributed by atoms with Crippen LogP contribution in [0.2, 0.25) is 5.02 Å². The van der Waals surface area contributed by atoms with E-state index in [0.29, 0.717) is 5.75 Å². The molecule has 0 saturated heterocycles. The maximum absolute atomic E-state index is 11.3. The van der Waals surface area contributed by atoms with Gasteiger partial charge in [0.05, 0.1) is 0 Å². The Morgan fingerprint density at radius 3 is 2.70 bits per heavy atom. The van der Waals surface area contributed by atoms with Gasteiger partial charge < -0.3 is 4.74 Å². The smallest absolute Gasteiger partial charge is 0.285 e. The number of amides is 1. The molecule has 0 spiro atoms. The number of hydrazine groups is 1. The van der Waals surface area contributed by atoms with Gasteiger partial charge in [0.15, 0.2) is 12.4 Å². The van der Waals surface area contributed by atoms with E-state index in [1.807, 2.05) is 31.4 Å². The molecule has 0 aliphatic rings. The molecule has 0 saturated carbocycles. The van der Waals surface area contributed by atoms with Gasteiger partial charge >= 0.3 is 0 Å². The van der Waals surface area contributed by atoms with Crippen LogP contribution < -0.4 is 16.0 Å². The van der Waals surface area contributed by atoms with Crippen molar-refractivity contribution in [1.82, 2.24) is 15.2 Å². The van der Waals surface area contributed by atoms with E-state index in [4.69, 9.17) is 22.2 Å². The number of aromatic nitrogens is 2. The lowest BCUT2D eigenvalue weighted by Crippen LogP contribution is -2.30. The number of rotatable bonds is 4. The van der Waals surface area contributed by atoms with Gasteiger partial charge in [0.1, 0.15) is 5.75 Å². The van der Waals surface area contributed by atoms with Gasteiger partial charge in [-0.25, -0.2) is 10.5 Å². The van der Waals surface area contributed by atoms with E-state index >= 15 is 0 Å². The Bertz CT molecular complexity index is 616. The summed E-state index contributed by atoms with van der Waals surface area (Å²) in [4.78, 5) is 11.3. The molecule has 0 bridgehead atoms. The molecule has 6 nitrogen and oxygen atoms in total. The molecular formula is C13H15ClN4O2. The minimum atomic E-state index is -0.443. The highest BCUT2D eigenvalue weighted by Gasteiger charge is 2.08. The number of benzene rings is 1. The number of nitrogens with zero attached hydrogens (tertiary/aromatic N) is 2. The molecule has 106 valence electrons. The Morgan fingerprint density at radius 2 is 2.10 bits per heavy atom. The molecule has 2 rings (SSSR count). The zero-order valence-corrected chi connectivity index (χ0v) is 11.9. The molecule has 1 heterocycles. The van der Waals surface area contributed by atoms with E-state index in [1.165, 1.54) is 4.68 Å². The lowest BCUT2D eigenvalue weighted by molar-refractivity contribution is 0.0946. The van der Waals surface area contributed by atoms with Crippen molar-refractivity contribution in [2.24, 2.45) is 5.84 Å². The SMILES string of the molecule is Cc1cc(OCn2ccc(C(=O)NN)n2)cc(C)c1Cl. The number of nitrogens with two attached hydrogens (primary N) is 1. The van der Waals surface area contributed by atoms with Crippen molar-refractivity contribution in [1.29, 1.82) is 0 Å². The molecular weight excluding hydrogens is 280 g/mol. The molecule has 0 atom stereocenters. The molecule has 7 heteroatoms. The summed E-state index contributed by atoms with van der Waals surface area (Å²) in [5.74, 6) is 5.29. The summed E-state index contributed by atoms with van der Waals surface area (Å²) in [6, 6.07) is 5.27. The number of nitrogens with one attached hydrogen (secondary N) is 1. The largest absolute Gasteiger partial charge is 0.471 e. The Hall–Kier alpha value is -2.05. The van der Waals surface area contributed by atoms with Crippen molar-refractivity contribution >= 4 is 17.5 Å². The Labute approximate surface area is 121 Å². The van der Waals surface area contributed by atoms with Crippen LogP contribution >= 0.6 is 11.6 Å². The predicted octanol–water partition coefficient (Wildman–Crippen LogP) is 1.79. The van der Waals surface area contributed by atoms with Crippen LogP contribution in [0.1, 0.15) is 21.6 Å². The summed E-state index contributed by atoms with van der Waals surface area (Å²) in [5.41, 5.74) is 4.15. The van der Waals surface area contributed by atoms with Gasteiger partial charge in [-0.1, -0.05) is 11.6 Å². The standard InChI is InChI=1S/C13H15ClN4O2/c1-8-5-10(6-9(2)12(8)14)20-7-18-4-3-11(17-18)13(19)16-15/h3-6H,7,15H2,1-2H3,(H,16,19). The van der Waals surface area contributed by atoms with Gasteiger partial charge in [0.25, 0.3) is 5.91 Å². The number of halogens is 1. The zero-order valence-electron chi connectivity index (χ0n) is 11.2. The van der Waals surface area contributed by atoms with Crippen LogP contribution in [0.15, 0.2) is 24.4 Å². The summed E-state index contributed by atoms with van der Waals surface area (Å²) in [6.07, 6.45) is 1.64. The highest BCUT2D eigenvalue weighted by molar-refractivity contribution is 6.32. The average molecular weight is 295 g/mol. The van der Waals surface area contributed by atoms with Crippen molar-refractivity contribution in [2.75, 3.05) is 0 Å². The molecule has 0 radical (unpaired) electrons. The van der Waals surface area contributed by atoms with E-state index in [1.54, 1.807) is 12.3 Å². The predicted molar refractivity (Wildman–Crippen MR) is 75.4 cm³/mol. The number of hydrogen-bond donors (Lipinski definition) is 2. The molecule has 1 amide bonds. The lowest BCUT2D eigenvalue weighted by atomic mass is 10.1. The average Bonchev–Trinajstić information content (AvgIpc) is 2.90. The summed E-state index contributed by atoms with van der Waals surface area (Å²) in [6.45, 7) is 4.03. The molecule has 1 aromatic carbocycles. The second kappa shape index (κ2) is 5.94. The van der Waals surface area contributed by atoms with Crippen molar-refractivity contribution in [3.8, 4) is 5.75 Å². The van der Waals surface area contributed by atoms with Gasteiger partial charge in [-0.15, -0.1) is 0 Å². The Balaban J connectivity index is 2.05. The number of hydrogen-bond acceptors (Lipinski definition) is 4. The second-order valence-corrected chi connectivity index (χ2v) is 4.74. The maximum Gasteiger partial charge on any atom is 0.285 e. The van der Waals surface area contributed by atoms with Crippen LogP contribution in [-0.4, -0.2) is 15.7 Å². The number of carbonyl (C=O) groups excluding carboxylic acids is 1. The van der Waals surface area contributed by atoms with E-state index in [9.17, 15) is 4.79 Å². The van der Waals surface area contributed by atoms with E-state index in [0.717, 1.165) is 16.1 Å². The lowest BCUT2D eigenvalue weighted by Gasteiger charge is -2.09. The van der Waals surface area contributed by atoms with Crippen molar-refractivity contribution in [2.45, 2.75) is 20.6 Å². The Kier molecular flexibility index (Phi) is 4.26. The van der Waals surface area contributed by atoms with Crippen molar-refractivity contribution in [3.63, 3.8) is 0 Å². The Morgan fingerprint density at radius 1 is 1.45 bits per heavy atom. The zero-order chi connectivity index (χ0) is 14.7. The first-order valence-corrected chi connectivity index (χ1v) is 6.33. The summed E-state index contributed by atoms with van der Waals surface area (Å²) in [7, 11) is 0. The van der Waals surface area contributed by atoms with Crippen LogP contribution in [0.4, 0.5) is 0 Å². The van der Waals surface area contributed by atoms with Crippen LogP contribution in [-0.2, 0) is 6.73 Å². The molecule has 2 aromatic rings. The topological polar surface area (TPSA) is 82.2 Å². The molecule has 0 fully saturated rings. The summed E-state index contributed by atoms with van der Waals surface area (Å²) < 4.78 is 7.12. The van der Waals surface area contributed by atoms with Crippen LogP contribution in [0, 0.1) is 13.8 Å². The van der Waals surface area contributed by atoms with Crippen LogP contribution in [0.25, 0.3) is 0 Å². The molecule has 20 heavy (non-hydrogen) atoms.